The van der Waals surface area contributed by atoms with Crippen LogP contribution in [-0.2, 0) is 4.79 Å². The molecule has 1 atom stereocenters. The van der Waals surface area contributed by atoms with Crippen LogP contribution in [0.3, 0.4) is 0 Å². The molecular formula is C33H31F2N5O2. The van der Waals surface area contributed by atoms with Gasteiger partial charge in [-0.05, 0) is 79.0 Å². The van der Waals surface area contributed by atoms with E-state index in [4.69, 9.17) is 5.73 Å². The number of fused-ring (bicyclic) bond motifs is 1. The van der Waals surface area contributed by atoms with Gasteiger partial charge in [0.25, 0.3) is 5.56 Å². The molecule has 0 bridgehead atoms. The number of pyridine rings is 1. The first-order valence-corrected chi connectivity index (χ1v) is 13.8. The second kappa shape index (κ2) is 11.6. The highest BCUT2D eigenvalue weighted by molar-refractivity contribution is 5.88. The van der Waals surface area contributed by atoms with Gasteiger partial charge in [-0.2, -0.15) is 0 Å². The maximum Gasteiger partial charge on any atom is 0.265 e. The van der Waals surface area contributed by atoms with E-state index >= 15 is 8.78 Å². The summed E-state index contributed by atoms with van der Waals surface area (Å²) >= 11 is 0. The van der Waals surface area contributed by atoms with Crippen LogP contribution >= 0.6 is 0 Å². The van der Waals surface area contributed by atoms with Crippen LogP contribution in [0.1, 0.15) is 55.7 Å². The number of aromatic nitrogens is 3. The maximum absolute atomic E-state index is 15.2. The third kappa shape index (κ3) is 5.28. The van der Waals surface area contributed by atoms with E-state index in [-0.39, 0.29) is 46.0 Å². The number of amides is 1. The zero-order chi connectivity index (χ0) is 30.1. The smallest absolute Gasteiger partial charge is 0.265 e. The van der Waals surface area contributed by atoms with Gasteiger partial charge in [0.1, 0.15) is 23.8 Å². The zero-order valence-electron chi connectivity index (χ0n) is 23.7. The lowest BCUT2D eigenvalue weighted by Gasteiger charge is -2.31. The van der Waals surface area contributed by atoms with E-state index in [1.54, 1.807) is 24.0 Å². The monoisotopic (exact) mass is 567 g/mol. The summed E-state index contributed by atoms with van der Waals surface area (Å²) in [6, 6.07) is 6.99. The number of nitrogen functional groups attached to an aromatic ring is 1. The molecule has 0 aliphatic carbocycles. The number of hydrogen-bond donors (Lipinski definition) is 1. The fourth-order valence-electron chi connectivity index (χ4n) is 5.38. The summed E-state index contributed by atoms with van der Waals surface area (Å²) in [5.41, 5.74) is 8.07. The van der Waals surface area contributed by atoms with Crippen molar-refractivity contribution in [1.29, 1.82) is 0 Å². The Hall–Kier alpha value is -4.84. The molecule has 1 aliphatic heterocycles. The Balaban J connectivity index is 1.64. The summed E-state index contributed by atoms with van der Waals surface area (Å²) in [6.07, 6.45) is 6.54. The van der Waals surface area contributed by atoms with Gasteiger partial charge in [0.2, 0.25) is 5.91 Å². The third-order valence-corrected chi connectivity index (χ3v) is 7.71. The van der Waals surface area contributed by atoms with Crippen LogP contribution in [0, 0.1) is 30.4 Å². The van der Waals surface area contributed by atoms with E-state index in [1.165, 1.54) is 41.4 Å². The molecule has 2 aromatic heterocycles. The largest absolute Gasteiger partial charge is 0.383 e. The molecule has 0 unspecified atom stereocenters. The summed E-state index contributed by atoms with van der Waals surface area (Å²) in [4.78, 5) is 36.1. The molecule has 4 aromatic rings. The van der Waals surface area contributed by atoms with Crippen molar-refractivity contribution in [2.24, 2.45) is 0 Å². The maximum atomic E-state index is 15.2. The van der Waals surface area contributed by atoms with Gasteiger partial charge < -0.3 is 10.6 Å². The predicted octanol–water partition coefficient (Wildman–Crippen LogP) is 5.66. The molecule has 5 rings (SSSR count). The normalized spacial score (nSPS) is 15.0. The van der Waals surface area contributed by atoms with Crippen molar-refractivity contribution in [1.82, 2.24) is 19.4 Å². The van der Waals surface area contributed by atoms with Gasteiger partial charge in [-0.25, -0.2) is 18.7 Å². The molecule has 3 heterocycles. The lowest BCUT2D eigenvalue weighted by molar-refractivity contribution is -0.128. The Kier molecular flexibility index (Phi) is 7.90. The standard InChI is InChI=1S/C33H31F2N5O2/c1-5-29(41)39-12-7-6-8-24(39)9-10-25-31(37-18-38-32(25)36)26-16-23(34)17-28(20(26)4)40-13-11-21-14-22(19(2)3)15-27(35)30(21)33(40)42/h5,11,13-19,24H,1,6-8,12H2,2-4H3,(H2,36,37,38)/t24-/m0/s1. The Morgan fingerprint density at radius 2 is 1.98 bits per heavy atom. The number of nitrogens with two attached hydrogens (primary N) is 1. The van der Waals surface area contributed by atoms with Gasteiger partial charge in [-0.3, -0.25) is 14.2 Å². The number of hydrogen-bond acceptors (Lipinski definition) is 5. The van der Waals surface area contributed by atoms with Crippen LogP contribution in [0.2, 0.25) is 0 Å². The van der Waals surface area contributed by atoms with Gasteiger partial charge in [-0.1, -0.05) is 38.3 Å². The number of rotatable bonds is 4. The molecule has 214 valence electrons. The van der Waals surface area contributed by atoms with Crippen LogP contribution in [-0.4, -0.2) is 37.9 Å². The summed E-state index contributed by atoms with van der Waals surface area (Å²) in [7, 11) is 0. The molecule has 0 saturated carbocycles. The molecule has 1 aliphatic rings. The summed E-state index contributed by atoms with van der Waals surface area (Å²) < 4.78 is 31.6. The van der Waals surface area contributed by atoms with E-state index in [0.29, 0.717) is 29.5 Å². The lowest BCUT2D eigenvalue weighted by atomic mass is 9.97. The number of piperidine rings is 1. The second-order valence-corrected chi connectivity index (χ2v) is 10.7. The van der Waals surface area contributed by atoms with Gasteiger partial charge in [0.15, 0.2) is 0 Å². The van der Waals surface area contributed by atoms with Crippen LogP contribution in [0.5, 0.6) is 0 Å². The van der Waals surface area contributed by atoms with Gasteiger partial charge in [0.05, 0.1) is 28.4 Å². The van der Waals surface area contributed by atoms with Crippen LogP contribution in [0.4, 0.5) is 14.6 Å². The number of carbonyl (C=O) groups excluding carboxylic acids is 1. The fourth-order valence-corrected chi connectivity index (χ4v) is 5.38. The van der Waals surface area contributed by atoms with Crippen LogP contribution in [0.25, 0.3) is 27.7 Å². The molecule has 42 heavy (non-hydrogen) atoms. The van der Waals surface area contributed by atoms with E-state index in [1.807, 2.05) is 13.8 Å². The van der Waals surface area contributed by atoms with Crippen molar-refractivity contribution in [3.63, 3.8) is 0 Å². The molecule has 7 nitrogen and oxygen atoms in total. The Bertz CT molecular complexity index is 1850. The number of likely N-dealkylation sites (tertiary alicyclic amines) is 1. The zero-order valence-corrected chi connectivity index (χ0v) is 23.7. The molecule has 1 saturated heterocycles. The van der Waals surface area contributed by atoms with E-state index in [2.05, 4.69) is 28.4 Å². The summed E-state index contributed by atoms with van der Waals surface area (Å²) in [5, 5.41) is 0.401. The van der Waals surface area contributed by atoms with Crippen molar-refractivity contribution >= 4 is 22.5 Å². The Labute approximate surface area is 242 Å². The molecular weight excluding hydrogens is 536 g/mol. The van der Waals surface area contributed by atoms with Gasteiger partial charge in [0, 0.05) is 18.3 Å². The molecule has 0 spiro atoms. The van der Waals surface area contributed by atoms with Crippen molar-refractivity contribution in [2.75, 3.05) is 12.3 Å². The minimum Gasteiger partial charge on any atom is -0.383 e. The molecule has 1 fully saturated rings. The van der Waals surface area contributed by atoms with E-state index < -0.39 is 17.2 Å². The molecule has 2 N–H and O–H groups in total. The summed E-state index contributed by atoms with van der Waals surface area (Å²) in [5.74, 6) is 4.92. The first kappa shape index (κ1) is 28.7. The van der Waals surface area contributed by atoms with Crippen molar-refractivity contribution < 1.29 is 13.6 Å². The molecule has 1 amide bonds. The van der Waals surface area contributed by atoms with Crippen molar-refractivity contribution in [2.45, 2.75) is 52.0 Å². The Morgan fingerprint density at radius 3 is 2.71 bits per heavy atom. The van der Waals surface area contributed by atoms with Crippen molar-refractivity contribution in [3.8, 4) is 28.8 Å². The van der Waals surface area contributed by atoms with Crippen LogP contribution in [0.15, 0.2) is 60.3 Å². The number of nitrogens with zero attached hydrogens (tertiary/aromatic N) is 4. The topological polar surface area (TPSA) is 94.1 Å². The van der Waals surface area contributed by atoms with Crippen molar-refractivity contribution in [3.05, 3.63) is 94.2 Å². The lowest BCUT2D eigenvalue weighted by Crippen LogP contribution is -2.42. The highest BCUT2D eigenvalue weighted by Gasteiger charge is 2.24. The highest BCUT2D eigenvalue weighted by Crippen LogP contribution is 2.32. The molecule has 0 radical (unpaired) electrons. The van der Waals surface area contributed by atoms with Gasteiger partial charge in [-0.15, -0.1) is 0 Å². The minimum atomic E-state index is -0.627. The quantitative estimate of drug-likeness (QED) is 0.254. The Morgan fingerprint density at radius 1 is 1.19 bits per heavy atom. The minimum absolute atomic E-state index is 0.0731. The third-order valence-electron chi connectivity index (χ3n) is 7.71. The van der Waals surface area contributed by atoms with E-state index in [0.717, 1.165) is 18.4 Å². The number of anilines is 1. The molecule has 2 aromatic carbocycles. The SMILES string of the molecule is C=CC(=O)N1CCCC[C@H]1C#Cc1c(N)ncnc1-c1cc(F)cc(-n2ccc3cc(C(C)C)cc(F)c3c2=O)c1C. The second-order valence-electron chi connectivity index (χ2n) is 10.7. The average molecular weight is 568 g/mol. The van der Waals surface area contributed by atoms with Gasteiger partial charge >= 0.3 is 0 Å². The fraction of sp³-hybridized carbons (Fsp3) is 0.273. The molecule has 9 heteroatoms. The first-order chi connectivity index (χ1) is 20.1. The highest BCUT2D eigenvalue weighted by atomic mass is 19.1. The number of halogens is 2. The van der Waals surface area contributed by atoms with E-state index in [9.17, 15) is 9.59 Å². The number of benzene rings is 2. The summed E-state index contributed by atoms with van der Waals surface area (Å²) in [6.45, 7) is 9.78. The number of carbonyl (C=O) groups is 1. The predicted molar refractivity (Wildman–Crippen MR) is 160 cm³/mol. The average Bonchev–Trinajstić information content (AvgIpc) is 2.97. The van der Waals surface area contributed by atoms with Crippen LogP contribution < -0.4 is 11.3 Å². The first-order valence-electron chi connectivity index (χ1n) is 13.8.